The predicted octanol–water partition coefficient (Wildman–Crippen LogP) is 2.76. The van der Waals surface area contributed by atoms with Gasteiger partial charge >= 0.3 is 0 Å². The lowest BCUT2D eigenvalue weighted by Gasteiger charge is -2.12. The van der Waals surface area contributed by atoms with Gasteiger partial charge in [-0.25, -0.2) is 0 Å². The minimum atomic E-state index is 0. The Labute approximate surface area is 150 Å². The molecule has 1 rings (SSSR count). The zero-order valence-corrected chi connectivity index (χ0v) is 16.0. The van der Waals surface area contributed by atoms with Crippen LogP contribution in [0.25, 0.3) is 0 Å². The lowest BCUT2D eigenvalue weighted by molar-refractivity contribution is 0.409. The lowest BCUT2D eigenvalue weighted by Crippen LogP contribution is -2.18. The molecule has 0 heterocycles. The molecule has 114 valence electrons. The Morgan fingerprint density at radius 1 is 1.10 bits per heavy atom. The predicted molar refractivity (Wildman–Crippen MR) is 101 cm³/mol. The van der Waals surface area contributed by atoms with Crippen molar-refractivity contribution in [2.45, 2.75) is 13.1 Å². The van der Waals surface area contributed by atoms with E-state index in [0.717, 1.165) is 16.9 Å². The molecule has 0 aliphatic carbocycles. The summed E-state index contributed by atoms with van der Waals surface area (Å²) in [6.07, 6.45) is 0. The van der Waals surface area contributed by atoms with E-state index in [4.69, 9.17) is 15.6 Å². The topological polar surface area (TPSA) is 81.0 Å². The van der Waals surface area contributed by atoms with E-state index in [1.807, 2.05) is 18.2 Å². The first-order valence-electron chi connectivity index (χ1n) is 5.21. The highest BCUT2D eigenvalue weighted by Crippen LogP contribution is 2.19. The number of methoxy groups -OCH3 is 1. The molecule has 1 aromatic rings. The fourth-order valence-electron chi connectivity index (χ4n) is 1.44. The molecule has 0 saturated carbocycles. The van der Waals surface area contributed by atoms with E-state index in [1.165, 1.54) is 0 Å². The number of nitrogens with one attached hydrogen (secondary N) is 4. The third kappa shape index (κ3) is 8.03. The van der Waals surface area contributed by atoms with Gasteiger partial charge in [-0.3, -0.25) is 10.8 Å². The number of rotatable bonds is 5. The third-order valence-corrected chi connectivity index (χ3v) is 2.57. The molecule has 0 aromatic heterocycles. The highest BCUT2D eigenvalue weighted by Gasteiger charge is 2.05. The molecule has 0 unspecified atom stereocenters. The number of amidine groups is 2. The highest BCUT2D eigenvalue weighted by molar-refractivity contribution is 8.93. The molecule has 0 amide bonds. The van der Waals surface area contributed by atoms with Crippen LogP contribution >= 0.6 is 59.2 Å². The molecule has 20 heavy (non-hydrogen) atoms. The van der Waals surface area contributed by atoms with Crippen molar-refractivity contribution in [3.05, 3.63) is 29.3 Å². The Bertz CT molecular complexity index is 460. The zero-order chi connectivity index (χ0) is 13.5. The van der Waals surface area contributed by atoms with Crippen LogP contribution in [0.3, 0.4) is 0 Å². The van der Waals surface area contributed by atoms with Crippen LogP contribution in [0.5, 0.6) is 5.75 Å². The fourth-order valence-corrected chi connectivity index (χ4v) is 1.60. The third-order valence-electron chi connectivity index (χ3n) is 2.25. The van der Waals surface area contributed by atoms with E-state index in [9.17, 15) is 0 Å². The number of halogens is 2. The monoisotopic (exact) mass is 444 g/mol. The van der Waals surface area contributed by atoms with Gasteiger partial charge in [-0.05, 0) is 17.7 Å². The molecule has 5 nitrogen and oxygen atoms in total. The summed E-state index contributed by atoms with van der Waals surface area (Å²) < 4.78 is 5.25. The van der Waals surface area contributed by atoms with Gasteiger partial charge in [0.2, 0.25) is 0 Å². The van der Waals surface area contributed by atoms with E-state index in [2.05, 4.69) is 35.9 Å². The molecular formula is C11H18Br2N4OS2. The van der Waals surface area contributed by atoms with Crippen LogP contribution in [0, 0.1) is 10.8 Å². The highest BCUT2D eigenvalue weighted by atomic mass is 79.9. The largest absolute Gasteiger partial charge is 0.496 e. The van der Waals surface area contributed by atoms with E-state index in [1.54, 1.807) is 7.11 Å². The normalized spacial score (nSPS) is 8.75. The second kappa shape index (κ2) is 11.3. The van der Waals surface area contributed by atoms with Crippen LogP contribution in [0.4, 0.5) is 0 Å². The Balaban J connectivity index is 0. The summed E-state index contributed by atoms with van der Waals surface area (Å²) in [6, 6.07) is 5.72. The van der Waals surface area contributed by atoms with Crippen LogP contribution in [0.15, 0.2) is 18.2 Å². The van der Waals surface area contributed by atoms with Crippen molar-refractivity contribution in [2.75, 3.05) is 7.11 Å². The van der Waals surface area contributed by atoms with Gasteiger partial charge in [-0.1, -0.05) is 6.07 Å². The molecule has 0 aliphatic heterocycles. The van der Waals surface area contributed by atoms with E-state index in [-0.39, 0.29) is 44.3 Å². The molecule has 9 heteroatoms. The minimum absolute atomic E-state index is 0. The van der Waals surface area contributed by atoms with Gasteiger partial charge in [-0.15, -0.1) is 59.2 Å². The van der Waals surface area contributed by atoms with E-state index in [0.29, 0.717) is 13.1 Å². The SMILES string of the molecule is Br.Br.COc1ccc(CNC(=N)S)cc1CNC(=N)S. The van der Waals surface area contributed by atoms with Crippen LogP contribution in [0.1, 0.15) is 11.1 Å². The average molecular weight is 446 g/mol. The summed E-state index contributed by atoms with van der Waals surface area (Å²) >= 11 is 7.72. The molecule has 1 aromatic carbocycles. The molecule has 4 N–H and O–H groups in total. The van der Waals surface area contributed by atoms with Crippen LogP contribution in [-0.4, -0.2) is 17.4 Å². The van der Waals surface area contributed by atoms with Crippen LogP contribution < -0.4 is 15.4 Å². The maximum absolute atomic E-state index is 7.22. The molecular weight excluding hydrogens is 428 g/mol. The van der Waals surface area contributed by atoms with E-state index < -0.39 is 0 Å². The Kier molecular flexibility index (Phi) is 12.4. The van der Waals surface area contributed by atoms with Crippen molar-refractivity contribution >= 4 is 69.6 Å². The maximum Gasteiger partial charge on any atom is 0.150 e. The second-order valence-electron chi connectivity index (χ2n) is 3.55. The molecule has 0 bridgehead atoms. The van der Waals surface area contributed by atoms with Crippen LogP contribution in [0.2, 0.25) is 0 Å². The molecule has 0 atom stereocenters. The molecule has 0 aliphatic rings. The van der Waals surface area contributed by atoms with Crippen molar-refractivity contribution in [3.8, 4) is 5.75 Å². The van der Waals surface area contributed by atoms with Crippen LogP contribution in [-0.2, 0) is 13.1 Å². The van der Waals surface area contributed by atoms with Crippen molar-refractivity contribution in [1.29, 1.82) is 10.8 Å². The first-order valence-corrected chi connectivity index (χ1v) is 6.11. The van der Waals surface area contributed by atoms with Gasteiger partial charge in [0.15, 0.2) is 10.3 Å². The minimum Gasteiger partial charge on any atom is -0.496 e. The van der Waals surface area contributed by atoms with Crippen molar-refractivity contribution in [3.63, 3.8) is 0 Å². The van der Waals surface area contributed by atoms with Gasteiger partial charge in [0.1, 0.15) is 5.75 Å². The van der Waals surface area contributed by atoms with Gasteiger partial charge in [0.05, 0.1) is 7.11 Å². The smallest absolute Gasteiger partial charge is 0.150 e. The summed E-state index contributed by atoms with van der Waals surface area (Å²) in [6.45, 7) is 0.995. The lowest BCUT2D eigenvalue weighted by atomic mass is 10.1. The summed E-state index contributed by atoms with van der Waals surface area (Å²) in [7, 11) is 1.60. The second-order valence-corrected chi connectivity index (χ2v) is 4.44. The Morgan fingerprint density at radius 3 is 2.15 bits per heavy atom. The number of thiol groups is 2. The van der Waals surface area contributed by atoms with Crippen molar-refractivity contribution in [2.24, 2.45) is 0 Å². The van der Waals surface area contributed by atoms with Gasteiger partial charge in [-0.2, -0.15) is 0 Å². The Hall–Kier alpha value is -0.380. The Morgan fingerprint density at radius 2 is 1.65 bits per heavy atom. The standard InChI is InChI=1S/C11H16N4OS2.2BrH/c1-16-9-3-2-7(5-14-10(12)17)4-8(9)6-15-11(13)18;;/h2-4H,5-6H2,1H3,(H3,12,14,17)(H3,13,15,18);2*1H. The maximum atomic E-state index is 7.22. The zero-order valence-electron chi connectivity index (χ0n) is 10.8. The van der Waals surface area contributed by atoms with E-state index >= 15 is 0 Å². The summed E-state index contributed by atoms with van der Waals surface area (Å²) in [5, 5.41) is 20.3. The molecule has 0 saturated heterocycles. The first kappa shape index (κ1) is 21.9. The molecule has 0 spiro atoms. The fraction of sp³-hybridized carbons (Fsp3) is 0.273. The number of ether oxygens (including phenoxy) is 1. The first-order chi connectivity index (χ1) is 8.52. The number of hydrogen-bond donors (Lipinski definition) is 6. The van der Waals surface area contributed by atoms with Crippen molar-refractivity contribution in [1.82, 2.24) is 10.6 Å². The average Bonchev–Trinajstić information content (AvgIpc) is 2.33. The quantitative estimate of drug-likeness (QED) is 0.239. The van der Waals surface area contributed by atoms with Gasteiger partial charge in [0.25, 0.3) is 0 Å². The van der Waals surface area contributed by atoms with Crippen molar-refractivity contribution < 1.29 is 4.74 Å². The number of hydrogen-bond acceptors (Lipinski definition) is 3. The summed E-state index contributed by atoms with van der Waals surface area (Å²) in [5.41, 5.74) is 1.94. The van der Waals surface area contributed by atoms with Gasteiger partial charge < -0.3 is 15.4 Å². The summed E-state index contributed by atoms with van der Waals surface area (Å²) in [5.74, 6) is 0.752. The summed E-state index contributed by atoms with van der Waals surface area (Å²) in [4.78, 5) is 0. The molecule has 0 radical (unpaired) electrons. The molecule has 0 fully saturated rings. The van der Waals surface area contributed by atoms with Gasteiger partial charge in [0, 0.05) is 18.7 Å². The number of benzene rings is 1.